The third-order valence-electron chi connectivity index (χ3n) is 5.45. The van der Waals surface area contributed by atoms with Crippen molar-refractivity contribution in [1.29, 1.82) is 0 Å². The number of carbonyl (C=O) groups excluding carboxylic acids is 2. The molecule has 2 atom stereocenters. The van der Waals surface area contributed by atoms with Gasteiger partial charge in [-0.2, -0.15) is 0 Å². The number of carbonyl (C=O) groups is 2. The third kappa shape index (κ3) is 4.26. The number of hydrogen-bond donors (Lipinski definition) is 1. The van der Waals surface area contributed by atoms with Crippen LogP contribution in [0.2, 0.25) is 5.02 Å². The second kappa shape index (κ2) is 8.75. The van der Waals surface area contributed by atoms with E-state index in [2.05, 4.69) is 10.3 Å². The fourth-order valence-corrected chi connectivity index (χ4v) is 3.94. The van der Waals surface area contributed by atoms with E-state index < -0.39 is 6.04 Å². The van der Waals surface area contributed by atoms with Crippen LogP contribution in [0.3, 0.4) is 0 Å². The predicted molar refractivity (Wildman–Crippen MR) is 112 cm³/mol. The van der Waals surface area contributed by atoms with Crippen molar-refractivity contribution in [2.45, 2.75) is 18.9 Å². The van der Waals surface area contributed by atoms with Gasteiger partial charge in [-0.25, -0.2) is 4.98 Å². The molecule has 2 amide bonds. The Bertz CT molecular complexity index is 1010. The normalized spacial score (nSPS) is 17.5. The van der Waals surface area contributed by atoms with Crippen LogP contribution in [0.5, 0.6) is 0 Å². The fraction of sp³-hybridized carbons (Fsp3) is 0.318. The average molecular weight is 427 g/mol. The van der Waals surface area contributed by atoms with Gasteiger partial charge in [0.1, 0.15) is 18.1 Å². The fourth-order valence-electron chi connectivity index (χ4n) is 3.81. The highest BCUT2D eigenvalue weighted by Crippen LogP contribution is 2.25. The highest BCUT2D eigenvalue weighted by molar-refractivity contribution is 6.30. The molecule has 0 aliphatic carbocycles. The molecule has 3 heterocycles. The number of nitrogens with zero attached hydrogens (tertiary/aromatic N) is 3. The first-order valence-electron chi connectivity index (χ1n) is 9.87. The van der Waals surface area contributed by atoms with E-state index in [4.69, 9.17) is 16.0 Å². The van der Waals surface area contributed by atoms with Crippen LogP contribution >= 0.6 is 11.6 Å². The molecule has 1 aliphatic rings. The van der Waals surface area contributed by atoms with Crippen molar-refractivity contribution in [1.82, 2.24) is 19.8 Å². The molecule has 156 valence electrons. The Morgan fingerprint density at radius 1 is 1.27 bits per heavy atom. The van der Waals surface area contributed by atoms with E-state index in [9.17, 15) is 9.59 Å². The Morgan fingerprint density at radius 3 is 2.73 bits per heavy atom. The van der Waals surface area contributed by atoms with Crippen molar-refractivity contribution >= 4 is 23.4 Å². The van der Waals surface area contributed by atoms with E-state index in [1.807, 2.05) is 29.9 Å². The van der Waals surface area contributed by atoms with Gasteiger partial charge in [-0.1, -0.05) is 23.7 Å². The minimum Gasteiger partial charge on any atom is -0.472 e. The number of aromatic nitrogens is 2. The molecule has 1 aliphatic heterocycles. The first kappa shape index (κ1) is 20.2. The van der Waals surface area contributed by atoms with Gasteiger partial charge in [0.05, 0.1) is 17.7 Å². The van der Waals surface area contributed by atoms with E-state index >= 15 is 0 Å². The molecule has 1 saturated heterocycles. The number of piperidine rings is 1. The summed E-state index contributed by atoms with van der Waals surface area (Å²) < 4.78 is 6.90. The number of aryl methyl sites for hydroxylation is 1. The lowest BCUT2D eigenvalue weighted by atomic mass is 9.95. The number of amides is 2. The molecule has 0 spiro atoms. The maximum absolute atomic E-state index is 13.2. The van der Waals surface area contributed by atoms with Crippen LogP contribution in [0, 0.1) is 5.92 Å². The maximum Gasteiger partial charge on any atom is 0.257 e. The summed E-state index contributed by atoms with van der Waals surface area (Å²) in [6.07, 6.45) is 7.96. The molecule has 0 radical (unpaired) electrons. The van der Waals surface area contributed by atoms with Crippen molar-refractivity contribution in [2.24, 2.45) is 13.0 Å². The Morgan fingerprint density at radius 2 is 2.07 bits per heavy atom. The molecule has 0 unspecified atom stereocenters. The highest BCUT2D eigenvalue weighted by atomic mass is 35.5. The Kier molecular flexibility index (Phi) is 5.90. The number of furan rings is 1. The van der Waals surface area contributed by atoms with Crippen molar-refractivity contribution in [2.75, 3.05) is 13.1 Å². The molecule has 1 fully saturated rings. The highest BCUT2D eigenvalue weighted by Gasteiger charge is 2.31. The second-order valence-corrected chi connectivity index (χ2v) is 7.93. The lowest BCUT2D eigenvalue weighted by Crippen LogP contribution is -2.46. The van der Waals surface area contributed by atoms with Gasteiger partial charge in [0, 0.05) is 37.6 Å². The summed E-state index contributed by atoms with van der Waals surface area (Å²) in [5.41, 5.74) is 1.40. The van der Waals surface area contributed by atoms with Gasteiger partial charge in [0.2, 0.25) is 5.91 Å². The van der Waals surface area contributed by atoms with Crippen LogP contribution in [0.25, 0.3) is 0 Å². The van der Waals surface area contributed by atoms with Crippen LogP contribution in [0.1, 0.15) is 40.6 Å². The Labute approximate surface area is 179 Å². The SMILES string of the molecule is Cn1ccnc1[C@@H](NC(=O)[C@@H]1CCCN(C(=O)c2ccoc2)C1)c1ccc(Cl)cc1. The monoisotopic (exact) mass is 426 g/mol. The number of nitrogens with one attached hydrogen (secondary N) is 1. The van der Waals surface area contributed by atoms with Gasteiger partial charge in [0.15, 0.2) is 0 Å². The molecule has 1 aromatic carbocycles. The lowest BCUT2D eigenvalue weighted by Gasteiger charge is -2.32. The largest absolute Gasteiger partial charge is 0.472 e. The standard InChI is InChI=1S/C22H23ClN4O3/c1-26-11-9-24-20(26)19(15-4-6-18(23)7-5-15)25-21(28)16-3-2-10-27(13-16)22(29)17-8-12-30-14-17/h4-9,11-12,14,16,19H,2-3,10,13H2,1H3,(H,25,28)/t16-,19+/m1/s1. The number of imidazole rings is 1. The predicted octanol–water partition coefficient (Wildman–Crippen LogP) is 3.42. The second-order valence-electron chi connectivity index (χ2n) is 7.49. The smallest absolute Gasteiger partial charge is 0.257 e. The van der Waals surface area contributed by atoms with Crippen molar-refractivity contribution < 1.29 is 14.0 Å². The quantitative estimate of drug-likeness (QED) is 0.677. The Hall–Kier alpha value is -3.06. The van der Waals surface area contributed by atoms with Crippen molar-refractivity contribution in [3.8, 4) is 0 Å². The molecule has 8 heteroatoms. The van der Waals surface area contributed by atoms with E-state index in [1.54, 1.807) is 29.3 Å². The van der Waals surface area contributed by atoms with Gasteiger partial charge in [-0.05, 0) is 36.6 Å². The number of hydrogen-bond acceptors (Lipinski definition) is 4. The first-order valence-corrected chi connectivity index (χ1v) is 10.3. The number of rotatable bonds is 5. The van der Waals surface area contributed by atoms with Crippen LogP contribution in [-0.4, -0.2) is 39.4 Å². The number of halogens is 1. The average Bonchev–Trinajstić information content (AvgIpc) is 3.44. The lowest BCUT2D eigenvalue weighted by molar-refractivity contribution is -0.126. The topological polar surface area (TPSA) is 80.4 Å². The third-order valence-corrected chi connectivity index (χ3v) is 5.71. The summed E-state index contributed by atoms with van der Waals surface area (Å²) in [6.45, 7) is 1.01. The minimum absolute atomic E-state index is 0.0948. The van der Waals surface area contributed by atoms with Gasteiger partial charge in [-0.15, -0.1) is 0 Å². The van der Waals surface area contributed by atoms with E-state index in [1.165, 1.54) is 12.5 Å². The van der Waals surface area contributed by atoms with Crippen molar-refractivity contribution in [3.63, 3.8) is 0 Å². The summed E-state index contributed by atoms with van der Waals surface area (Å²) in [5, 5.41) is 3.77. The van der Waals surface area contributed by atoms with Crippen molar-refractivity contribution in [3.05, 3.63) is 77.2 Å². The van der Waals surface area contributed by atoms with Gasteiger partial charge >= 0.3 is 0 Å². The van der Waals surface area contributed by atoms with Gasteiger partial charge in [-0.3, -0.25) is 9.59 Å². The molecule has 3 aromatic rings. The van der Waals surface area contributed by atoms with E-state index in [0.717, 1.165) is 24.2 Å². The van der Waals surface area contributed by atoms with E-state index in [0.29, 0.717) is 23.7 Å². The maximum atomic E-state index is 13.2. The number of likely N-dealkylation sites (tertiary alicyclic amines) is 1. The molecule has 2 aromatic heterocycles. The van der Waals surface area contributed by atoms with Crippen LogP contribution in [0.4, 0.5) is 0 Å². The summed E-state index contributed by atoms with van der Waals surface area (Å²) in [5.74, 6) is 0.236. The molecular formula is C22H23ClN4O3. The molecule has 30 heavy (non-hydrogen) atoms. The summed E-state index contributed by atoms with van der Waals surface area (Å²) >= 11 is 6.04. The molecular weight excluding hydrogens is 404 g/mol. The molecule has 7 nitrogen and oxygen atoms in total. The molecule has 0 saturated carbocycles. The first-order chi connectivity index (χ1) is 14.5. The van der Waals surface area contributed by atoms with Crippen LogP contribution in [-0.2, 0) is 11.8 Å². The summed E-state index contributed by atoms with van der Waals surface area (Å²) in [6, 6.07) is 8.60. The zero-order valence-corrected chi connectivity index (χ0v) is 17.4. The van der Waals surface area contributed by atoms with Crippen LogP contribution < -0.4 is 5.32 Å². The minimum atomic E-state index is -0.408. The number of benzene rings is 1. The summed E-state index contributed by atoms with van der Waals surface area (Å²) in [7, 11) is 1.89. The molecule has 4 rings (SSSR count). The summed E-state index contributed by atoms with van der Waals surface area (Å²) in [4.78, 5) is 32.0. The zero-order chi connectivity index (χ0) is 21.1. The Balaban J connectivity index is 1.51. The van der Waals surface area contributed by atoms with Crippen LogP contribution in [0.15, 0.2) is 59.7 Å². The van der Waals surface area contributed by atoms with Gasteiger partial charge in [0.25, 0.3) is 5.91 Å². The van der Waals surface area contributed by atoms with E-state index in [-0.39, 0.29) is 17.7 Å². The van der Waals surface area contributed by atoms with Gasteiger partial charge < -0.3 is 19.2 Å². The molecule has 0 bridgehead atoms. The zero-order valence-electron chi connectivity index (χ0n) is 16.6. The molecule has 1 N–H and O–H groups in total.